The molecule has 0 aromatic heterocycles. The molecule has 0 aromatic rings. The highest BCUT2D eigenvalue weighted by Gasteiger charge is 2.84. The molecule has 2 spiro atoms. The number of ether oxygens (including phenoxy) is 1. The number of hydrogen-bond acceptors (Lipinski definition) is 4. The first kappa shape index (κ1) is 23.3. The molecule has 1 heterocycles. The number of rotatable bonds is 2. The normalized spacial score (nSPS) is 60.9. The lowest BCUT2D eigenvalue weighted by molar-refractivity contribution is -0.182. The van der Waals surface area contributed by atoms with Crippen LogP contribution in [-0.4, -0.2) is 60.2 Å². The van der Waals surface area contributed by atoms with Gasteiger partial charge in [-0.05, 0) is 111 Å². The standard InChI is InChI=1S/C29H49NO3/c1-17-14-18(15-30(6)7)33-23-22(17)26(4)12-13-29-16-28(29)11-10-21(31)25(2,3)19(28)8-9-20(29)27(26,5)24(23)32/h17-24,31-32H,8-16H2,1-7H3. The third-order valence-corrected chi connectivity index (χ3v) is 13.4. The van der Waals surface area contributed by atoms with Gasteiger partial charge in [0.15, 0.2) is 0 Å². The lowest BCUT2D eigenvalue weighted by atomic mass is 9.41. The number of likely N-dealkylation sites (N-methyl/N-ethyl adjacent to an activating group) is 1. The Morgan fingerprint density at radius 2 is 1.58 bits per heavy atom. The van der Waals surface area contributed by atoms with E-state index in [1.54, 1.807) is 0 Å². The topological polar surface area (TPSA) is 52.9 Å². The molecule has 2 N–H and O–H groups in total. The largest absolute Gasteiger partial charge is 0.393 e. The monoisotopic (exact) mass is 459 g/mol. The molecular weight excluding hydrogens is 410 g/mol. The van der Waals surface area contributed by atoms with Crippen molar-refractivity contribution >= 4 is 0 Å². The highest BCUT2D eigenvalue weighted by molar-refractivity contribution is 5.32. The van der Waals surface area contributed by atoms with E-state index >= 15 is 0 Å². The van der Waals surface area contributed by atoms with E-state index in [9.17, 15) is 10.2 Å². The molecule has 5 saturated carbocycles. The Morgan fingerprint density at radius 3 is 2.27 bits per heavy atom. The molecule has 6 rings (SSSR count). The van der Waals surface area contributed by atoms with E-state index in [0.717, 1.165) is 19.4 Å². The molecule has 188 valence electrons. The zero-order valence-corrected chi connectivity index (χ0v) is 22.2. The summed E-state index contributed by atoms with van der Waals surface area (Å²) in [4.78, 5) is 2.24. The minimum Gasteiger partial charge on any atom is -0.393 e. The molecule has 12 unspecified atom stereocenters. The number of hydrogen-bond donors (Lipinski definition) is 2. The van der Waals surface area contributed by atoms with E-state index < -0.39 is 0 Å². The smallest absolute Gasteiger partial charge is 0.0880 e. The molecule has 5 aliphatic carbocycles. The van der Waals surface area contributed by atoms with Crippen molar-refractivity contribution in [2.24, 2.45) is 50.7 Å². The van der Waals surface area contributed by atoms with E-state index in [0.29, 0.717) is 34.5 Å². The van der Waals surface area contributed by atoms with Gasteiger partial charge in [-0.25, -0.2) is 0 Å². The fourth-order valence-corrected chi connectivity index (χ4v) is 11.9. The van der Waals surface area contributed by atoms with Crippen molar-refractivity contribution in [3.05, 3.63) is 0 Å². The zero-order chi connectivity index (χ0) is 23.8. The van der Waals surface area contributed by atoms with Crippen molar-refractivity contribution in [3.8, 4) is 0 Å². The third kappa shape index (κ3) is 2.53. The summed E-state index contributed by atoms with van der Waals surface area (Å²) in [5.74, 6) is 2.29. The van der Waals surface area contributed by atoms with Crippen molar-refractivity contribution in [3.63, 3.8) is 0 Å². The first-order chi connectivity index (χ1) is 15.3. The van der Waals surface area contributed by atoms with Gasteiger partial charge in [-0.1, -0.05) is 34.6 Å². The Labute approximate surface area is 201 Å². The van der Waals surface area contributed by atoms with Crippen molar-refractivity contribution in [1.82, 2.24) is 4.90 Å². The molecule has 1 aliphatic heterocycles. The maximum absolute atomic E-state index is 12.1. The van der Waals surface area contributed by atoms with Gasteiger partial charge >= 0.3 is 0 Å². The quantitative estimate of drug-likeness (QED) is 0.627. The molecule has 0 radical (unpaired) electrons. The van der Waals surface area contributed by atoms with E-state index in [1.807, 2.05) is 0 Å². The van der Waals surface area contributed by atoms with E-state index in [-0.39, 0.29) is 40.7 Å². The summed E-state index contributed by atoms with van der Waals surface area (Å²) in [6.45, 7) is 13.1. The molecule has 4 heteroatoms. The van der Waals surface area contributed by atoms with Gasteiger partial charge in [-0.3, -0.25) is 0 Å². The van der Waals surface area contributed by atoms with Crippen LogP contribution in [0.3, 0.4) is 0 Å². The molecule has 12 atom stereocenters. The first-order valence-corrected chi connectivity index (χ1v) is 14.0. The summed E-state index contributed by atoms with van der Waals surface area (Å²) >= 11 is 0. The van der Waals surface area contributed by atoms with Crippen LogP contribution in [0.2, 0.25) is 0 Å². The molecule has 6 fully saturated rings. The number of nitrogens with zero attached hydrogens (tertiary/aromatic N) is 1. The van der Waals surface area contributed by atoms with Gasteiger partial charge in [0, 0.05) is 12.0 Å². The molecule has 0 bridgehead atoms. The maximum atomic E-state index is 12.1. The molecule has 4 nitrogen and oxygen atoms in total. The second-order valence-corrected chi connectivity index (χ2v) is 14.9. The van der Waals surface area contributed by atoms with Crippen LogP contribution in [0, 0.1) is 50.7 Å². The summed E-state index contributed by atoms with van der Waals surface area (Å²) < 4.78 is 6.78. The SMILES string of the molecule is CC1CC(CN(C)C)OC2C1C1(C)CCC34CC35CCC(O)C(C)(C)C5CCC4C1(C)C2O. The molecule has 0 aromatic carbocycles. The highest BCUT2D eigenvalue weighted by Crippen LogP contribution is 2.89. The average Bonchev–Trinajstić information content (AvgIpc) is 3.36. The van der Waals surface area contributed by atoms with Crippen LogP contribution in [-0.2, 0) is 4.74 Å². The fraction of sp³-hybridized carbons (Fsp3) is 1.00. The summed E-state index contributed by atoms with van der Waals surface area (Å²) in [6, 6.07) is 0. The molecule has 6 aliphatic rings. The lowest BCUT2D eigenvalue weighted by Crippen LogP contribution is -2.59. The summed E-state index contributed by atoms with van der Waals surface area (Å²) in [5, 5.41) is 23.0. The minimum atomic E-state index is -0.363. The van der Waals surface area contributed by atoms with Gasteiger partial charge in [0.1, 0.15) is 0 Å². The Morgan fingerprint density at radius 1 is 0.909 bits per heavy atom. The summed E-state index contributed by atoms with van der Waals surface area (Å²) in [6.07, 6.45) is 9.34. The third-order valence-electron chi connectivity index (χ3n) is 13.4. The summed E-state index contributed by atoms with van der Waals surface area (Å²) in [5.41, 5.74) is 0.902. The van der Waals surface area contributed by atoms with Crippen molar-refractivity contribution in [1.29, 1.82) is 0 Å². The maximum Gasteiger partial charge on any atom is 0.0880 e. The number of aliphatic hydroxyl groups is 2. The fourth-order valence-electron chi connectivity index (χ4n) is 11.9. The van der Waals surface area contributed by atoms with Crippen LogP contribution < -0.4 is 0 Å². The highest BCUT2D eigenvalue weighted by atomic mass is 16.5. The lowest BCUT2D eigenvalue weighted by Gasteiger charge is -2.63. The molecule has 33 heavy (non-hydrogen) atoms. The molecule has 1 saturated heterocycles. The van der Waals surface area contributed by atoms with Gasteiger partial charge in [0.2, 0.25) is 0 Å². The van der Waals surface area contributed by atoms with Crippen LogP contribution >= 0.6 is 0 Å². The van der Waals surface area contributed by atoms with Gasteiger partial charge in [-0.15, -0.1) is 0 Å². The van der Waals surface area contributed by atoms with Gasteiger partial charge in [0.25, 0.3) is 0 Å². The predicted octanol–water partition coefficient (Wildman–Crippen LogP) is 4.72. The molecule has 0 amide bonds. The van der Waals surface area contributed by atoms with E-state index in [2.05, 4.69) is 53.6 Å². The second-order valence-electron chi connectivity index (χ2n) is 14.9. The van der Waals surface area contributed by atoms with E-state index in [1.165, 1.54) is 38.5 Å². The van der Waals surface area contributed by atoms with Crippen molar-refractivity contribution in [2.75, 3.05) is 20.6 Å². The van der Waals surface area contributed by atoms with Gasteiger partial charge in [0.05, 0.1) is 24.4 Å². The molecular formula is C29H49NO3. The Hall–Kier alpha value is -0.160. The van der Waals surface area contributed by atoms with Crippen molar-refractivity contribution in [2.45, 2.75) is 110 Å². The van der Waals surface area contributed by atoms with Crippen LogP contribution in [0.4, 0.5) is 0 Å². The van der Waals surface area contributed by atoms with Gasteiger partial charge in [-0.2, -0.15) is 0 Å². The van der Waals surface area contributed by atoms with Crippen LogP contribution in [0.25, 0.3) is 0 Å². The number of aliphatic hydroxyl groups excluding tert-OH is 2. The summed E-state index contributed by atoms with van der Waals surface area (Å²) in [7, 11) is 4.26. The van der Waals surface area contributed by atoms with Crippen LogP contribution in [0.5, 0.6) is 0 Å². The number of fused-ring (bicyclic) bond motifs is 4. The van der Waals surface area contributed by atoms with Crippen LogP contribution in [0.15, 0.2) is 0 Å². The average molecular weight is 460 g/mol. The minimum absolute atomic E-state index is 0.0131. The zero-order valence-electron chi connectivity index (χ0n) is 22.2. The Balaban J connectivity index is 1.37. The first-order valence-electron chi connectivity index (χ1n) is 14.0. The van der Waals surface area contributed by atoms with Crippen molar-refractivity contribution < 1.29 is 14.9 Å². The van der Waals surface area contributed by atoms with E-state index in [4.69, 9.17) is 4.74 Å². The Bertz CT molecular complexity index is 828. The Kier molecular flexibility index (Phi) is 4.78. The van der Waals surface area contributed by atoms with Gasteiger partial charge < -0.3 is 19.8 Å². The predicted molar refractivity (Wildman–Crippen MR) is 131 cm³/mol. The van der Waals surface area contributed by atoms with Crippen LogP contribution in [0.1, 0.15) is 86.0 Å². The second kappa shape index (κ2) is 6.78.